The molecule has 0 aromatic heterocycles. The van der Waals surface area contributed by atoms with Gasteiger partial charge >= 0.3 is 0 Å². The molecule has 16 nitrogen and oxygen atoms in total. The van der Waals surface area contributed by atoms with Gasteiger partial charge in [-0.15, -0.1) is 0 Å². The summed E-state index contributed by atoms with van der Waals surface area (Å²) in [5.41, 5.74) is 0. The Morgan fingerprint density at radius 2 is 0.864 bits per heavy atom. The lowest BCUT2D eigenvalue weighted by Crippen LogP contribution is -2.66. The second-order valence-electron chi connectivity index (χ2n) is 11.7. The van der Waals surface area contributed by atoms with Crippen LogP contribution in [-0.4, -0.2) is 170 Å². The largest absolute Gasteiger partial charge is 0.394 e. The Bertz CT molecular complexity index is 789. The topological polar surface area (TPSA) is 258 Å². The van der Waals surface area contributed by atoms with Gasteiger partial charge in [0.1, 0.15) is 73.2 Å². The van der Waals surface area contributed by atoms with Crippen molar-refractivity contribution in [3.63, 3.8) is 0 Å². The molecule has 44 heavy (non-hydrogen) atoms. The zero-order valence-electron chi connectivity index (χ0n) is 25.1. The highest BCUT2D eigenvalue weighted by Crippen LogP contribution is 2.32. The van der Waals surface area contributed by atoms with Crippen molar-refractivity contribution in [2.75, 3.05) is 26.4 Å². The van der Waals surface area contributed by atoms with Gasteiger partial charge in [0, 0.05) is 6.61 Å². The highest BCUT2D eigenvalue weighted by Gasteiger charge is 2.53. The molecular weight excluding hydrogens is 592 g/mol. The lowest BCUT2D eigenvalue weighted by molar-refractivity contribution is -0.379. The third-order valence-electron chi connectivity index (χ3n) is 8.35. The van der Waals surface area contributed by atoms with Crippen molar-refractivity contribution >= 4 is 0 Å². The van der Waals surface area contributed by atoms with E-state index in [1.54, 1.807) is 0 Å². The molecule has 0 unspecified atom stereocenters. The van der Waals surface area contributed by atoms with Crippen molar-refractivity contribution in [1.29, 1.82) is 0 Å². The lowest BCUT2D eigenvalue weighted by Gasteiger charge is -2.48. The van der Waals surface area contributed by atoms with E-state index < -0.39 is 112 Å². The highest BCUT2D eigenvalue weighted by atomic mass is 16.8. The number of unbranched alkanes of at least 4 members (excludes halogenated alkanes) is 7. The molecule has 3 aliphatic rings. The van der Waals surface area contributed by atoms with Crippen LogP contribution in [-0.2, 0) is 28.4 Å². The Morgan fingerprint density at radius 3 is 1.36 bits per heavy atom. The average molecular weight is 645 g/mol. The van der Waals surface area contributed by atoms with Crippen LogP contribution in [0.15, 0.2) is 0 Å². The van der Waals surface area contributed by atoms with Crippen molar-refractivity contribution in [3.8, 4) is 0 Å². The summed E-state index contributed by atoms with van der Waals surface area (Å²) in [6.45, 7) is 0.238. The van der Waals surface area contributed by atoms with Crippen LogP contribution in [0.1, 0.15) is 58.3 Å². The highest BCUT2D eigenvalue weighted by molar-refractivity contribution is 4.96. The van der Waals surface area contributed by atoms with Crippen LogP contribution in [0.3, 0.4) is 0 Å². The summed E-state index contributed by atoms with van der Waals surface area (Å²) in [4.78, 5) is 0. The number of aliphatic hydroxyl groups is 10. The molecule has 0 amide bonds. The summed E-state index contributed by atoms with van der Waals surface area (Å²) < 4.78 is 33.3. The first-order valence-corrected chi connectivity index (χ1v) is 15.6. The van der Waals surface area contributed by atoms with Crippen LogP contribution in [0.4, 0.5) is 0 Å². The van der Waals surface area contributed by atoms with E-state index >= 15 is 0 Å². The normalized spacial score (nSPS) is 43.3. The molecule has 3 rings (SSSR count). The molecule has 0 spiro atoms. The first-order valence-electron chi connectivity index (χ1n) is 15.6. The van der Waals surface area contributed by atoms with E-state index in [2.05, 4.69) is 6.92 Å². The molecule has 0 bridgehead atoms. The van der Waals surface area contributed by atoms with Gasteiger partial charge in [-0.05, 0) is 6.42 Å². The summed E-state index contributed by atoms with van der Waals surface area (Å²) in [6.07, 6.45) is -15.2. The van der Waals surface area contributed by atoms with E-state index in [0.717, 1.165) is 25.7 Å². The molecule has 0 saturated carbocycles. The fraction of sp³-hybridized carbons (Fsp3) is 1.00. The van der Waals surface area contributed by atoms with Gasteiger partial charge in [0.25, 0.3) is 0 Å². The molecule has 0 aromatic carbocycles. The van der Waals surface area contributed by atoms with E-state index in [0.29, 0.717) is 0 Å². The number of hydrogen-bond donors (Lipinski definition) is 10. The number of ether oxygens (including phenoxy) is 6. The zero-order chi connectivity index (χ0) is 32.4. The minimum absolute atomic E-state index is 0.262. The predicted octanol–water partition coefficient (Wildman–Crippen LogP) is -3.41. The third-order valence-corrected chi connectivity index (χ3v) is 8.35. The second-order valence-corrected chi connectivity index (χ2v) is 11.7. The maximum Gasteiger partial charge on any atom is 0.187 e. The van der Waals surface area contributed by atoms with Crippen molar-refractivity contribution in [2.24, 2.45) is 0 Å². The molecule has 3 heterocycles. The van der Waals surface area contributed by atoms with Gasteiger partial charge in [-0.25, -0.2) is 0 Å². The van der Waals surface area contributed by atoms with Crippen molar-refractivity contribution in [1.82, 2.24) is 0 Å². The van der Waals surface area contributed by atoms with Gasteiger partial charge in [0.05, 0.1) is 19.8 Å². The summed E-state index contributed by atoms with van der Waals surface area (Å²) >= 11 is 0. The van der Waals surface area contributed by atoms with Gasteiger partial charge < -0.3 is 79.5 Å². The van der Waals surface area contributed by atoms with E-state index in [4.69, 9.17) is 28.4 Å². The summed E-state index contributed by atoms with van der Waals surface area (Å²) in [5, 5.41) is 103. The summed E-state index contributed by atoms with van der Waals surface area (Å²) in [6, 6.07) is 0. The molecule has 3 aliphatic heterocycles. The molecule has 15 atom stereocenters. The summed E-state index contributed by atoms with van der Waals surface area (Å²) in [5.74, 6) is 0. The van der Waals surface area contributed by atoms with Crippen molar-refractivity contribution in [3.05, 3.63) is 0 Å². The Labute approximate surface area is 256 Å². The Morgan fingerprint density at radius 1 is 0.455 bits per heavy atom. The van der Waals surface area contributed by atoms with Crippen LogP contribution in [0.25, 0.3) is 0 Å². The van der Waals surface area contributed by atoms with Crippen LogP contribution in [0, 0.1) is 0 Å². The van der Waals surface area contributed by atoms with Crippen LogP contribution < -0.4 is 0 Å². The van der Waals surface area contributed by atoms with Gasteiger partial charge in [0.2, 0.25) is 0 Å². The summed E-state index contributed by atoms with van der Waals surface area (Å²) in [7, 11) is 0. The van der Waals surface area contributed by atoms with Crippen LogP contribution >= 0.6 is 0 Å². The molecule has 3 saturated heterocycles. The molecule has 10 N–H and O–H groups in total. The number of aliphatic hydroxyl groups excluding tert-OH is 10. The molecule has 0 aliphatic carbocycles. The molecule has 16 heteroatoms. The molecule has 260 valence electrons. The van der Waals surface area contributed by atoms with Crippen molar-refractivity contribution < 1.29 is 79.5 Å². The molecular formula is C28H52O16. The SMILES string of the molecule is CCCCCCCCCCO[C@@H]1O[C@H](CO)[C@@H](O[C@@H]2O[C@H](CO)[C@@H](O[C@@H]3O[C@H](CO)[C@@H](O)[C@H](O)[C@H]3O)[C@H](O)[C@H]2O)[C@H](O)[C@H]1O. The molecule has 0 radical (unpaired) electrons. The average Bonchev–Trinajstić information content (AvgIpc) is 3.02. The van der Waals surface area contributed by atoms with E-state index in [1.807, 2.05) is 0 Å². The van der Waals surface area contributed by atoms with Gasteiger partial charge in [-0.2, -0.15) is 0 Å². The van der Waals surface area contributed by atoms with Gasteiger partial charge in [-0.1, -0.05) is 51.9 Å². The minimum Gasteiger partial charge on any atom is -0.394 e. The van der Waals surface area contributed by atoms with Crippen molar-refractivity contribution in [2.45, 2.75) is 150 Å². The first kappa shape index (κ1) is 37.8. The maximum atomic E-state index is 10.8. The Balaban J connectivity index is 1.55. The van der Waals surface area contributed by atoms with Crippen LogP contribution in [0.5, 0.6) is 0 Å². The quantitative estimate of drug-likeness (QED) is 0.0692. The first-order chi connectivity index (χ1) is 21.1. The molecule has 0 aromatic rings. The minimum atomic E-state index is -1.88. The third kappa shape index (κ3) is 9.47. The second kappa shape index (κ2) is 18.6. The van der Waals surface area contributed by atoms with Gasteiger partial charge in [0.15, 0.2) is 18.9 Å². The van der Waals surface area contributed by atoms with E-state index in [-0.39, 0.29) is 6.61 Å². The smallest absolute Gasteiger partial charge is 0.187 e. The molecule has 3 fully saturated rings. The standard InChI is InChI=1S/C28H52O16/c1-2-3-4-5-6-7-8-9-10-39-26-22(37)19(34)24(15(12-30)41-26)44-28-23(38)20(35)25(16(13-31)42-28)43-27-21(36)18(33)17(32)14(11-29)40-27/h14-38H,2-13H2,1H3/t14-,15-,16-,17-,18+,19-,20-,21-,22-,23-,24-,25-,26-,27+,28+/m1/s1. The fourth-order valence-corrected chi connectivity index (χ4v) is 5.62. The van der Waals surface area contributed by atoms with Crippen LogP contribution in [0.2, 0.25) is 0 Å². The van der Waals surface area contributed by atoms with Gasteiger partial charge in [-0.3, -0.25) is 0 Å². The zero-order valence-corrected chi connectivity index (χ0v) is 25.1. The van der Waals surface area contributed by atoms with E-state index in [9.17, 15) is 51.1 Å². The van der Waals surface area contributed by atoms with E-state index in [1.165, 1.54) is 25.7 Å². The monoisotopic (exact) mass is 644 g/mol. The maximum absolute atomic E-state index is 10.8. The Kier molecular flexibility index (Phi) is 16.0. The predicted molar refractivity (Wildman–Crippen MR) is 148 cm³/mol. The lowest BCUT2D eigenvalue weighted by atomic mass is 9.96. The Hall–Kier alpha value is -0.640. The fourth-order valence-electron chi connectivity index (χ4n) is 5.62. The number of hydrogen-bond acceptors (Lipinski definition) is 16. The number of rotatable bonds is 17.